The van der Waals surface area contributed by atoms with E-state index >= 15 is 0 Å². The molecular weight excluding hydrogens is 361 g/mol. The molecule has 3 aromatic rings. The van der Waals surface area contributed by atoms with Crippen molar-refractivity contribution in [1.29, 1.82) is 0 Å². The number of carbonyl (C=O) groups is 1. The summed E-state index contributed by atoms with van der Waals surface area (Å²) in [6.45, 7) is 1.91. The van der Waals surface area contributed by atoms with Gasteiger partial charge >= 0.3 is 0 Å². The lowest BCUT2D eigenvalue weighted by molar-refractivity contribution is -0.846. The van der Waals surface area contributed by atoms with E-state index in [0.29, 0.717) is 12.0 Å². The van der Waals surface area contributed by atoms with Crippen molar-refractivity contribution in [2.75, 3.05) is 13.1 Å². The molecule has 0 radical (unpaired) electrons. The quantitative estimate of drug-likeness (QED) is 0.626. The maximum absolute atomic E-state index is 13.1. The molecule has 29 heavy (non-hydrogen) atoms. The first kappa shape index (κ1) is 19.3. The van der Waals surface area contributed by atoms with Crippen LogP contribution in [0.2, 0.25) is 0 Å². The summed E-state index contributed by atoms with van der Waals surface area (Å²) < 4.78 is 13.1. The summed E-state index contributed by atoms with van der Waals surface area (Å²) in [5.41, 5.74) is 5.75. The lowest BCUT2D eigenvalue weighted by atomic mass is 9.94. The smallest absolute Gasteiger partial charge is 0.163 e. The molecule has 1 unspecified atom stereocenters. The molecule has 2 nitrogen and oxygen atoms in total. The number of hydrogen-bond acceptors (Lipinski definition) is 1. The van der Waals surface area contributed by atoms with Crippen LogP contribution in [0.25, 0.3) is 5.57 Å². The molecule has 0 aliphatic carbocycles. The Morgan fingerprint density at radius 2 is 1.62 bits per heavy atom. The molecule has 0 fully saturated rings. The molecule has 0 amide bonds. The number of benzene rings is 3. The normalized spacial score (nSPS) is 15.9. The van der Waals surface area contributed by atoms with Gasteiger partial charge in [0.05, 0.1) is 13.1 Å². The van der Waals surface area contributed by atoms with Crippen LogP contribution < -0.4 is 4.90 Å². The Bertz CT molecular complexity index is 1010. The molecule has 0 spiro atoms. The Balaban J connectivity index is 1.48. The second-order valence-corrected chi connectivity index (χ2v) is 7.52. The van der Waals surface area contributed by atoms with Crippen molar-refractivity contribution in [3.05, 3.63) is 113 Å². The summed E-state index contributed by atoms with van der Waals surface area (Å²) in [7, 11) is 0. The maximum Gasteiger partial charge on any atom is 0.163 e. The van der Waals surface area contributed by atoms with Gasteiger partial charge in [0.15, 0.2) is 5.78 Å². The van der Waals surface area contributed by atoms with Crippen LogP contribution in [0.1, 0.15) is 39.9 Å². The van der Waals surface area contributed by atoms with Crippen LogP contribution in [0.5, 0.6) is 0 Å². The summed E-state index contributed by atoms with van der Waals surface area (Å²) in [6, 6.07) is 25.0. The second kappa shape index (κ2) is 8.97. The Labute approximate surface area is 171 Å². The van der Waals surface area contributed by atoms with E-state index in [1.54, 1.807) is 12.1 Å². The summed E-state index contributed by atoms with van der Waals surface area (Å²) in [4.78, 5) is 13.8. The van der Waals surface area contributed by atoms with Gasteiger partial charge in [0.25, 0.3) is 0 Å². The molecule has 4 rings (SSSR count). The summed E-state index contributed by atoms with van der Waals surface area (Å²) in [6.07, 6.45) is 4.63. The number of fused-ring (bicyclic) bond motifs is 1. The predicted octanol–water partition coefficient (Wildman–Crippen LogP) is 4.32. The van der Waals surface area contributed by atoms with Gasteiger partial charge in [0.1, 0.15) is 12.0 Å². The van der Waals surface area contributed by atoms with Crippen LogP contribution in [-0.4, -0.2) is 18.9 Å². The van der Waals surface area contributed by atoms with Gasteiger partial charge < -0.3 is 4.90 Å². The molecule has 0 aromatic heterocycles. The fraction of sp³-hybridized carbons (Fsp3) is 0.192. The van der Waals surface area contributed by atoms with E-state index in [0.717, 1.165) is 25.9 Å². The summed E-state index contributed by atoms with van der Waals surface area (Å²) >= 11 is 0. The molecule has 3 heteroatoms. The highest BCUT2D eigenvalue weighted by Gasteiger charge is 2.19. The number of Topliss-reactive ketones (excluding diaryl/α,β-unsaturated/α-hetero) is 1. The van der Waals surface area contributed by atoms with Gasteiger partial charge in [-0.1, -0.05) is 54.6 Å². The van der Waals surface area contributed by atoms with E-state index < -0.39 is 0 Å². The van der Waals surface area contributed by atoms with Crippen molar-refractivity contribution in [3.63, 3.8) is 0 Å². The van der Waals surface area contributed by atoms with Crippen LogP contribution in [0.4, 0.5) is 4.39 Å². The number of quaternary nitrogens is 1. The highest BCUT2D eigenvalue weighted by atomic mass is 19.1. The van der Waals surface area contributed by atoms with Crippen molar-refractivity contribution in [1.82, 2.24) is 0 Å². The van der Waals surface area contributed by atoms with Crippen LogP contribution in [0, 0.1) is 5.82 Å². The molecule has 1 N–H and O–H groups in total. The van der Waals surface area contributed by atoms with Crippen molar-refractivity contribution in [2.24, 2.45) is 0 Å². The van der Waals surface area contributed by atoms with E-state index in [2.05, 4.69) is 54.7 Å². The molecule has 1 heterocycles. The molecule has 3 aromatic carbocycles. The monoisotopic (exact) mass is 386 g/mol. The van der Waals surface area contributed by atoms with Gasteiger partial charge in [-0.25, -0.2) is 4.39 Å². The lowest BCUT2D eigenvalue weighted by Gasteiger charge is -2.14. The van der Waals surface area contributed by atoms with Gasteiger partial charge in [-0.3, -0.25) is 4.79 Å². The van der Waals surface area contributed by atoms with E-state index in [4.69, 9.17) is 0 Å². The minimum Gasteiger partial charge on any atom is -0.308 e. The molecule has 1 atom stereocenters. The Hall–Kier alpha value is -3.04. The minimum absolute atomic E-state index is 0.0785. The fourth-order valence-corrected chi connectivity index (χ4v) is 3.96. The summed E-state index contributed by atoms with van der Waals surface area (Å²) in [5, 5.41) is 0. The van der Waals surface area contributed by atoms with Crippen LogP contribution in [-0.2, 0) is 6.42 Å². The van der Waals surface area contributed by atoms with Crippen LogP contribution >= 0.6 is 0 Å². The maximum atomic E-state index is 13.1. The Morgan fingerprint density at radius 1 is 0.897 bits per heavy atom. The molecule has 1 aliphatic rings. The SMILES string of the molecule is O=C(CCC[NH+]1C=C(c2ccccc2)c2ccccc2CC1)c1ccc(F)cc1. The molecule has 146 valence electrons. The van der Waals surface area contributed by atoms with E-state index in [9.17, 15) is 9.18 Å². The second-order valence-electron chi connectivity index (χ2n) is 7.52. The third-order valence-electron chi connectivity index (χ3n) is 5.52. The number of rotatable bonds is 6. The van der Waals surface area contributed by atoms with E-state index in [1.165, 1.54) is 39.3 Å². The zero-order valence-corrected chi connectivity index (χ0v) is 16.4. The lowest BCUT2D eigenvalue weighted by Crippen LogP contribution is -3.07. The zero-order chi connectivity index (χ0) is 20.1. The van der Waals surface area contributed by atoms with Crippen LogP contribution in [0.15, 0.2) is 85.1 Å². The predicted molar refractivity (Wildman–Crippen MR) is 114 cm³/mol. The van der Waals surface area contributed by atoms with Crippen molar-refractivity contribution < 1.29 is 14.1 Å². The first-order chi connectivity index (χ1) is 14.2. The van der Waals surface area contributed by atoms with Crippen LogP contribution in [0.3, 0.4) is 0 Å². The van der Waals surface area contributed by atoms with Crippen molar-refractivity contribution in [2.45, 2.75) is 19.3 Å². The van der Waals surface area contributed by atoms with Gasteiger partial charge in [-0.15, -0.1) is 0 Å². The molecule has 0 bridgehead atoms. The Kier molecular flexibility index (Phi) is 5.97. The van der Waals surface area contributed by atoms with Crippen molar-refractivity contribution >= 4 is 11.4 Å². The average Bonchev–Trinajstić information content (AvgIpc) is 2.95. The summed E-state index contributed by atoms with van der Waals surface area (Å²) in [5.74, 6) is -0.233. The first-order valence-electron chi connectivity index (χ1n) is 10.2. The molecular formula is C26H25FNO+. The number of hydrogen-bond donors (Lipinski definition) is 1. The first-order valence-corrected chi connectivity index (χ1v) is 10.2. The van der Waals surface area contributed by atoms with Crippen molar-refractivity contribution in [3.8, 4) is 0 Å². The third-order valence-corrected chi connectivity index (χ3v) is 5.52. The largest absolute Gasteiger partial charge is 0.308 e. The van der Waals surface area contributed by atoms with Gasteiger partial charge in [0, 0.05) is 30.4 Å². The number of ketones is 1. The van der Waals surface area contributed by atoms with Gasteiger partial charge in [0.2, 0.25) is 0 Å². The number of nitrogens with one attached hydrogen (secondary N) is 1. The average molecular weight is 386 g/mol. The standard InChI is InChI=1S/C26H24FNO/c27-23-14-12-22(13-15-23)26(29)11-6-17-28-18-16-21-9-4-5-10-24(21)25(19-28)20-7-2-1-3-8-20/h1-5,7-10,12-15,19H,6,11,16-18H2/p+1. The highest BCUT2D eigenvalue weighted by molar-refractivity contribution is 5.95. The minimum atomic E-state index is -0.311. The highest BCUT2D eigenvalue weighted by Crippen LogP contribution is 2.26. The van der Waals surface area contributed by atoms with E-state index in [-0.39, 0.29) is 11.6 Å². The number of carbonyl (C=O) groups excluding carboxylic acids is 1. The molecule has 0 saturated carbocycles. The Morgan fingerprint density at radius 3 is 2.41 bits per heavy atom. The molecule has 1 aliphatic heterocycles. The van der Waals surface area contributed by atoms with Gasteiger partial charge in [-0.2, -0.15) is 0 Å². The molecule has 0 saturated heterocycles. The zero-order valence-electron chi connectivity index (χ0n) is 16.4. The van der Waals surface area contributed by atoms with Gasteiger partial charge in [-0.05, 0) is 41.0 Å². The van der Waals surface area contributed by atoms with E-state index in [1.807, 2.05) is 6.07 Å². The fourth-order valence-electron chi connectivity index (χ4n) is 3.96. The number of halogens is 1. The topological polar surface area (TPSA) is 21.5 Å². The third kappa shape index (κ3) is 4.69.